The van der Waals surface area contributed by atoms with Gasteiger partial charge in [0, 0.05) is 11.6 Å². The van der Waals surface area contributed by atoms with Crippen LogP contribution in [-0.4, -0.2) is 27.0 Å². The van der Waals surface area contributed by atoms with Gasteiger partial charge in [-0.05, 0) is 23.3 Å². The van der Waals surface area contributed by atoms with Crippen LogP contribution in [0.25, 0.3) is 0 Å². The highest BCUT2D eigenvalue weighted by atomic mass is 79.9. The Morgan fingerprint density at radius 3 is 2.22 bits per heavy atom. The van der Waals surface area contributed by atoms with E-state index in [0.29, 0.717) is 0 Å². The van der Waals surface area contributed by atoms with E-state index in [1.165, 1.54) is 7.11 Å². The highest BCUT2D eigenvalue weighted by molar-refractivity contribution is 9.10. The first-order valence-electron chi connectivity index (χ1n) is 7.16. The van der Waals surface area contributed by atoms with Crippen molar-refractivity contribution >= 4 is 21.9 Å². The third-order valence-electron chi connectivity index (χ3n) is 3.48. The molecule has 2 rings (SSSR count). The van der Waals surface area contributed by atoms with Crippen molar-refractivity contribution in [3.05, 3.63) is 70.2 Å². The Morgan fingerprint density at radius 1 is 1.00 bits per heavy atom. The summed E-state index contributed by atoms with van der Waals surface area (Å²) in [6.45, 7) is 0.0869. The Hall–Kier alpha value is -1.69. The summed E-state index contributed by atoms with van der Waals surface area (Å²) < 4.78 is 16.8. The number of carbonyl (C=O) groups is 1. The molecule has 23 heavy (non-hydrogen) atoms. The predicted octanol–water partition coefficient (Wildman–Crippen LogP) is 4.07. The minimum Gasteiger partial charge on any atom is -0.468 e. The molecular formula is C18H19BrO4. The molecule has 0 saturated carbocycles. The third-order valence-corrected chi connectivity index (χ3v) is 4.01. The van der Waals surface area contributed by atoms with Crippen LogP contribution < -0.4 is 0 Å². The zero-order valence-corrected chi connectivity index (χ0v) is 14.7. The Balaban J connectivity index is 2.43. The molecule has 0 aliphatic carbocycles. The lowest BCUT2D eigenvalue weighted by molar-refractivity contribution is -0.150. The molecule has 2 atom stereocenters. The summed E-state index contributed by atoms with van der Waals surface area (Å²) in [5.41, 5.74) is 1.72. The largest absolute Gasteiger partial charge is 0.468 e. The van der Waals surface area contributed by atoms with E-state index in [-0.39, 0.29) is 12.8 Å². The molecule has 0 N–H and O–H groups in total. The lowest BCUT2D eigenvalue weighted by atomic mass is 9.89. The number of halogens is 1. The Morgan fingerprint density at radius 2 is 1.65 bits per heavy atom. The first-order chi connectivity index (χ1) is 11.2. The van der Waals surface area contributed by atoms with Gasteiger partial charge in [-0.1, -0.05) is 58.4 Å². The zero-order chi connectivity index (χ0) is 16.7. The van der Waals surface area contributed by atoms with Crippen LogP contribution in [0.15, 0.2) is 59.1 Å². The molecule has 0 saturated heterocycles. The maximum absolute atomic E-state index is 12.4. The Labute approximate surface area is 144 Å². The molecule has 0 fully saturated rings. The maximum atomic E-state index is 12.4. The SMILES string of the molecule is COCO[C@@H](c1ccccc1)[C@H](C(=O)OC)c1ccc(Br)cc1. The van der Waals surface area contributed by atoms with Crippen molar-refractivity contribution < 1.29 is 19.0 Å². The average molecular weight is 379 g/mol. The summed E-state index contributed by atoms with van der Waals surface area (Å²) >= 11 is 3.41. The molecule has 2 aromatic carbocycles. The summed E-state index contributed by atoms with van der Waals surface area (Å²) in [7, 11) is 2.93. The summed E-state index contributed by atoms with van der Waals surface area (Å²) in [5.74, 6) is -0.928. The zero-order valence-electron chi connectivity index (χ0n) is 13.1. The second-order valence-corrected chi connectivity index (χ2v) is 5.87. The van der Waals surface area contributed by atoms with Crippen molar-refractivity contribution in [3.63, 3.8) is 0 Å². The van der Waals surface area contributed by atoms with Gasteiger partial charge in [-0.15, -0.1) is 0 Å². The highest BCUT2D eigenvalue weighted by Crippen LogP contribution is 2.35. The van der Waals surface area contributed by atoms with E-state index < -0.39 is 12.0 Å². The Bertz CT molecular complexity index is 613. The van der Waals surface area contributed by atoms with Gasteiger partial charge in [0.1, 0.15) is 18.8 Å². The van der Waals surface area contributed by atoms with Gasteiger partial charge in [0.15, 0.2) is 0 Å². The van der Waals surface area contributed by atoms with Crippen molar-refractivity contribution in [2.75, 3.05) is 21.0 Å². The molecule has 0 bridgehead atoms. The topological polar surface area (TPSA) is 44.8 Å². The van der Waals surface area contributed by atoms with Gasteiger partial charge >= 0.3 is 5.97 Å². The fourth-order valence-corrected chi connectivity index (χ4v) is 2.66. The van der Waals surface area contributed by atoms with Crippen LogP contribution in [0, 0.1) is 0 Å². The molecule has 0 heterocycles. The first kappa shape index (κ1) is 17.7. The molecule has 5 heteroatoms. The average Bonchev–Trinajstić information content (AvgIpc) is 2.60. The van der Waals surface area contributed by atoms with Gasteiger partial charge in [0.2, 0.25) is 0 Å². The van der Waals surface area contributed by atoms with Gasteiger partial charge in [-0.3, -0.25) is 4.79 Å². The summed E-state index contributed by atoms with van der Waals surface area (Å²) in [6, 6.07) is 17.2. The number of rotatable bonds is 7. The summed E-state index contributed by atoms with van der Waals surface area (Å²) in [4.78, 5) is 12.4. The molecule has 0 spiro atoms. The normalized spacial score (nSPS) is 13.3. The molecule has 0 radical (unpaired) electrons. The lowest BCUT2D eigenvalue weighted by Gasteiger charge is -2.26. The van der Waals surface area contributed by atoms with Crippen molar-refractivity contribution in [2.24, 2.45) is 0 Å². The minimum atomic E-state index is -0.578. The quantitative estimate of drug-likeness (QED) is 0.538. The second kappa shape index (κ2) is 8.82. The van der Waals surface area contributed by atoms with E-state index in [2.05, 4.69) is 15.9 Å². The smallest absolute Gasteiger partial charge is 0.316 e. The minimum absolute atomic E-state index is 0.0869. The Kier molecular flexibility index (Phi) is 6.77. The van der Waals surface area contributed by atoms with E-state index in [1.54, 1.807) is 7.11 Å². The van der Waals surface area contributed by atoms with Gasteiger partial charge < -0.3 is 14.2 Å². The number of benzene rings is 2. The molecule has 0 aliphatic heterocycles. The third kappa shape index (κ3) is 4.64. The van der Waals surface area contributed by atoms with Crippen LogP contribution >= 0.6 is 15.9 Å². The van der Waals surface area contributed by atoms with Crippen molar-refractivity contribution in [3.8, 4) is 0 Å². The van der Waals surface area contributed by atoms with Crippen LogP contribution in [0.4, 0.5) is 0 Å². The molecule has 4 nitrogen and oxygen atoms in total. The van der Waals surface area contributed by atoms with E-state index in [1.807, 2.05) is 54.6 Å². The second-order valence-electron chi connectivity index (χ2n) is 4.96. The van der Waals surface area contributed by atoms with Gasteiger partial charge in [0.25, 0.3) is 0 Å². The highest BCUT2D eigenvalue weighted by Gasteiger charge is 2.33. The number of hydrogen-bond donors (Lipinski definition) is 0. The maximum Gasteiger partial charge on any atom is 0.316 e. The number of hydrogen-bond acceptors (Lipinski definition) is 4. The van der Waals surface area contributed by atoms with Crippen molar-refractivity contribution in [2.45, 2.75) is 12.0 Å². The number of methoxy groups -OCH3 is 2. The summed E-state index contributed by atoms with van der Waals surface area (Å²) in [6.07, 6.45) is -0.496. The van der Waals surface area contributed by atoms with Crippen molar-refractivity contribution in [1.29, 1.82) is 0 Å². The monoisotopic (exact) mass is 378 g/mol. The first-order valence-corrected chi connectivity index (χ1v) is 7.95. The molecule has 0 unspecified atom stereocenters. The molecule has 2 aromatic rings. The lowest BCUT2D eigenvalue weighted by Crippen LogP contribution is -2.24. The van der Waals surface area contributed by atoms with Crippen LogP contribution in [-0.2, 0) is 19.0 Å². The van der Waals surface area contributed by atoms with E-state index in [4.69, 9.17) is 14.2 Å². The molecule has 0 aliphatic rings. The van der Waals surface area contributed by atoms with Gasteiger partial charge in [-0.25, -0.2) is 0 Å². The van der Waals surface area contributed by atoms with Crippen LogP contribution in [0.5, 0.6) is 0 Å². The van der Waals surface area contributed by atoms with Gasteiger partial charge in [-0.2, -0.15) is 0 Å². The van der Waals surface area contributed by atoms with Crippen molar-refractivity contribution in [1.82, 2.24) is 0 Å². The number of esters is 1. The standard InChI is InChI=1S/C18H19BrO4/c1-21-12-23-17(14-6-4-3-5-7-14)16(18(20)22-2)13-8-10-15(19)11-9-13/h3-11,16-17H,12H2,1-2H3/t16-,17+/m1/s1. The molecule has 0 aromatic heterocycles. The van der Waals surface area contributed by atoms with Crippen LogP contribution in [0.2, 0.25) is 0 Å². The van der Waals surface area contributed by atoms with Crippen LogP contribution in [0.1, 0.15) is 23.1 Å². The fraction of sp³-hybridized carbons (Fsp3) is 0.278. The summed E-state index contributed by atoms with van der Waals surface area (Å²) in [5, 5.41) is 0. The van der Waals surface area contributed by atoms with E-state index >= 15 is 0 Å². The van der Waals surface area contributed by atoms with E-state index in [0.717, 1.165) is 15.6 Å². The molecule has 0 amide bonds. The number of carbonyl (C=O) groups excluding carboxylic acids is 1. The molecular weight excluding hydrogens is 360 g/mol. The fourth-order valence-electron chi connectivity index (χ4n) is 2.40. The number of ether oxygens (including phenoxy) is 3. The molecule has 122 valence electrons. The predicted molar refractivity (Wildman–Crippen MR) is 91.0 cm³/mol. The van der Waals surface area contributed by atoms with Gasteiger partial charge in [0.05, 0.1) is 7.11 Å². The van der Waals surface area contributed by atoms with E-state index in [9.17, 15) is 4.79 Å². The van der Waals surface area contributed by atoms with Crippen LogP contribution in [0.3, 0.4) is 0 Å².